The summed E-state index contributed by atoms with van der Waals surface area (Å²) < 4.78 is 0. The predicted octanol–water partition coefficient (Wildman–Crippen LogP) is -1.62. The van der Waals surface area contributed by atoms with Gasteiger partial charge in [-0.15, -0.1) is 0 Å². The number of hydrogen-bond acceptors (Lipinski definition) is 7. The van der Waals surface area contributed by atoms with Gasteiger partial charge in [-0.3, -0.25) is 0 Å². The van der Waals surface area contributed by atoms with Gasteiger partial charge in [0.1, 0.15) is 0 Å². The SMILES string of the molecule is [Ce+3].[Fe+2].[Mg+2].[OH-].[OH-].[OH-].[OH-].[OH-].[OH-].[OH-]. The first kappa shape index (κ1) is 283. The van der Waals surface area contributed by atoms with Gasteiger partial charge < -0.3 is 38.3 Å². The largest absolute Gasteiger partial charge is 3.00 e. The fraction of sp³-hybridized carbons (Fsp3) is 0. The van der Waals surface area contributed by atoms with Gasteiger partial charge in [-0.05, 0) is 0 Å². The average Bonchev–Trinajstić information content (AvgIpc) is 0. The van der Waals surface area contributed by atoms with E-state index in [4.69, 9.17) is 0 Å². The molecule has 0 saturated heterocycles. The fourth-order valence-corrected chi connectivity index (χ4v) is 0. The van der Waals surface area contributed by atoms with E-state index in [0.717, 1.165) is 0 Å². The van der Waals surface area contributed by atoms with E-state index in [2.05, 4.69) is 0 Å². The summed E-state index contributed by atoms with van der Waals surface area (Å²) in [5.74, 6) is 0. The Bertz CT molecular complexity index is 13.6. The van der Waals surface area contributed by atoms with Gasteiger partial charge in [-0.25, -0.2) is 0 Å². The minimum Gasteiger partial charge on any atom is -0.870 e. The van der Waals surface area contributed by atoms with Crippen molar-refractivity contribution >= 4 is 23.1 Å². The van der Waals surface area contributed by atoms with Gasteiger partial charge in [0.2, 0.25) is 0 Å². The zero-order valence-corrected chi connectivity index (χ0v) is 10.3. The topological polar surface area (TPSA) is 210 Å². The maximum absolute atomic E-state index is 0. The molecule has 0 aliphatic heterocycles. The van der Waals surface area contributed by atoms with Crippen LogP contribution in [0.5, 0.6) is 0 Å². The average molecular weight is 339 g/mol. The second-order valence-electron chi connectivity index (χ2n) is 0. The molecule has 0 atom stereocenters. The Morgan fingerprint density at radius 1 is 0.400 bits per heavy atom. The van der Waals surface area contributed by atoms with Crippen molar-refractivity contribution in [3.05, 3.63) is 0 Å². The molecule has 0 rings (SSSR count). The molecule has 1 radical (unpaired) electrons. The van der Waals surface area contributed by atoms with Crippen molar-refractivity contribution in [1.29, 1.82) is 0 Å². The fourth-order valence-electron chi connectivity index (χ4n) is 0. The normalized spacial score (nSPS) is 0. The van der Waals surface area contributed by atoms with E-state index in [-0.39, 0.29) is 120 Å². The van der Waals surface area contributed by atoms with E-state index in [1.165, 1.54) is 0 Å². The van der Waals surface area contributed by atoms with Gasteiger partial charge in [0, 0.05) is 0 Å². The Kier molecular flexibility index (Phi) is 6110. The molecule has 0 amide bonds. The van der Waals surface area contributed by atoms with E-state index >= 15 is 0 Å². The van der Waals surface area contributed by atoms with E-state index in [1.54, 1.807) is 0 Å². The molecule has 10 heavy (non-hydrogen) atoms. The van der Waals surface area contributed by atoms with E-state index in [0.29, 0.717) is 0 Å². The van der Waals surface area contributed by atoms with Crippen LogP contribution in [0.3, 0.4) is 0 Å². The Balaban J connectivity index is 0. The van der Waals surface area contributed by atoms with Crippen LogP contribution >= 0.6 is 0 Å². The minimum atomic E-state index is 0. The molecule has 0 aromatic carbocycles. The Hall–Kier alpha value is 2.38. The molecule has 0 bridgehead atoms. The van der Waals surface area contributed by atoms with Gasteiger partial charge in [-0.1, -0.05) is 0 Å². The molecule has 0 aliphatic carbocycles. The van der Waals surface area contributed by atoms with Gasteiger partial charge >= 0.3 is 81.9 Å². The standard InChI is InChI=1S/Ce.Fe.Mg.7H2O/h;;;7*1H2/q+3;2*+2;;;;;;;/p-7. The Morgan fingerprint density at radius 2 is 0.400 bits per heavy atom. The van der Waals surface area contributed by atoms with Gasteiger partial charge in [0.05, 0.1) is 0 Å². The van der Waals surface area contributed by atoms with Crippen molar-refractivity contribution in [2.75, 3.05) is 0 Å². The molecule has 0 aliphatic rings. The van der Waals surface area contributed by atoms with Crippen LogP contribution in [0.15, 0.2) is 0 Å². The summed E-state index contributed by atoms with van der Waals surface area (Å²) in [6.45, 7) is 0. The molecular weight excluding hydrogens is 332 g/mol. The smallest absolute Gasteiger partial charge is 0.870 e. The summed E-state index contributed by atoms with van der Waals surface area (Å²) in [5, 5.41) is 0. The quantitative estimate of drug-likeness (QED) is 0.470. The van der Waals surface area contributed by atoms with E-state index < -0.39 is 0 Å². The summed E-state index contributed by atoms with van der Waals surface area (Å²) in [4.78, 5) is 0. The predicted molar refractivity (Wildman–Crippen MR) is 19.3 cm³/mol. The van der Waals surface area contributed by atoms with Crippen molar-refractivity contribution in [1.82, 2.24) is 0 Å². The Morgan fingerprint density at radius 3 is 0.400 bits per heavy atom. The second kappa shape index (κ2) is 216. The minimum absolute atomic E-state index is 0. The van der Waals surface area contributed by atoms with Gasteiger partial charge in [-0.2, -0.15) is 0 Å². The maximum Gasteiger partial charge on any atom is 3.00 e. The molecule has 63 valence electrons. The molecule has 7 N–H and O–H groups in total. The first-order valence-corrected chi connectivity index (χ1v) is 0. The molecule has 0 fully saturated rings. The van der Waals surface area contributed by atoms with Crippen molar-refractivity contribution < 1.29 is 97.1 Å². The molecule has 0 aromatic rings. The zero-order valence-electron chi connectivity index (χ0n) is 4.69. The molecule has 0 heterocycles. The summed E-state index contributed by atoms with van der Waals surface area (Å²) in [7, 11) is 0. The van der Waals surface area contributed by atoms with Gasteiger partial charge in [0.25, 0.3) is 0 Å². The summed E-state index contributed by atoms with van der Waals surface area (Å²) in [6.07, 6.45) is 0. The summed E-state index contributed by atoms with van der Waals surface area (Å²) >= 11 is 0. The van der Waals surface area contributed by atoms with Crippen LogP contribution in [-0.2, 0) is 17.1 Å². The van der Waals surface area contributed by atoms with Crippen LogP contribution in [0.1, 0.15) is 0 Å². The second-order valence-corrected chi connectivity index (χ2v) is 0. The van der Waals surface area contributed by atoms with E-state index in [1.807, 2.05) is 0 Å². The van der Waals surface area contributed by atoms with Crippen LogP contribution in [0.2, 0.25) is 0 Å². The summed E-state index contributed by atoms with van der Waals surface area (Å²) in [5.41, 5.74) is 0. The first-order chi connectivity index (χ1) is 0. The summed E-state index contributed by atoms with van der Waals surface area (Å²) in [6, 6.07) is 0. The molecule has 0 aromatic heterocycles. The van der Waals surface area contributed by atoms with Crippen LogP contribution in [0, 0.1) is 41.7 Å². The third-order valence-electron chi connectivity index (χ3n) is 0. The monoisotopic (exact) mass is 339 g/mol. The van der Waals surface area contributed by atoms with Gasteiger partial charge in [0.15, 0.2) is 0 Å². The van der Waals surface area contributed by atoms with Crippen LogP contribution in [0.25, 0.3) is 0 Å². The molecule has 0 saturated carbocycles. The van der Waals surface area contributed by atoms with Crippen LogP contribution in [-0.4, -0.2) is 61.4 Å². The van der Waals surface area contributed by atoms with Crippen molar-refractivity contribution in [3.8, 4) is 0 Å². The molecule has 10 heteroatoms. The maximum atomic E-state index is 0. The molecule has 0 unspecified atom stereocenters. The first-order valence-electron chi connectivity index (χ1n) is 0. The number of rotatable bonds is 0. The molecule has 7 nitrogen and oxygen atoms in total. The third kappa shape index (κ3) is 161. The zero-order chi connectivity index (χ0) is 0. The van der Waals surface area contributed by atoms with Crippen molar-refractivity contribution in [3.63, 3.8) is 0 Å². The molecular formula is H7CeFeMgO7. The van der Waals surface area contributed by atoms with Crippen LogP contribution in [0.4, 0.5) is 0 Å². The van der Waals surface area contributed by atoms with Crippen molar-refractivity contribution in [2.45, 2.75) is 0 Å². The number of hydrogen-bond donors (Lipinski definition) is 0. The van der Waals surface area contributed by atoms with E-state index in [9.17, 15) is 0 Å². The van der Waals surface area contributed by atoms with Crippen LogP contribution < -0.4 is 0 Å². The van der Waals surface area contributed by atoms with Crippen molar-refractivity contribution in [2.24, 2.45) is 0 Å². The molecule has 0 spiro atoms. The Labute approximate surface area is 118 Å². The third-order valence-corrected chi connectivity index (χ3v) is 0.